The molecule has 1 aliphatic heterocycles. The predicted molar refractivity (Wildman–Crippen MR) is 133 cm³/mol. The maximum Gasteiger partial charge on any atom is 0.469 e. The van der Waals surface area contributed by atoms with Gasteiger partial charge in [-0.2, -0.15) is 0 Å². The van der Waals surface area contributed by atoms with Crippen LogP contribution < -0.4 is 19.5 Å². The number of anilines is 2. The molecule has 3 N–H and O–H groups in total. The van der Waals surface area contributed by atoms with E-state index >= 15 is 0 Å². The smallest absolute Gasteiger partial charge is 0.469 e. The van der Waals surface area contributed by atoms with Crippen LogP contribution in [-0.2, 0) is 13.8 Å². The summed E-state index contributed by atoms with van der Waals surface area (Å²) in [6.45, 7) is 7.63. The van der Waals surface area contributed by atoms with E-state index in [-0.39, 0.29) is 25.2 Å². The summed E-state index contributed by atoms with van der Waals surface area (Å²) in [4.78, 5) is 39.8. The van der Waals surface area contributed by atoms with Gasteiger partial charge < -0.3 is 39.0 Å². The molecule has 2 aromatic rings. The van der Waals surface area contributed by atoms with Crippen molar-refractivity contribution < 1.29 is 42.6 Å². The number of aromatic nitrogens is 2. The highest BCUT2D eigenvalue weighted by atomic mass is 31.2. The number of ether oxygens (including phenoxy) is 4. The largest absolute Gasteiger partial charge is 0.490 e. The van der Waals surface area contributed by atoms with E-state index in [1.807, 2.05) is 0 Å². The fraction of sp³-hybridized carbons (Fsp3) is 0.435. The number of likely N-dealkylation sites (tertiary alicyclic amines) is 1. The summed E-state index contributed by atoms with van der Waals surface area (Å²) < 4.78 is 37.3. The molecule has 1 fully saturated rings. The summed E-state index contributed by atoms with van der Waals surface area (Å²) in [6, 6.07) is 5.05. The van der Waals surface area contributed by atoms with E-state index in [1.54, 1.807) is 43.1 Å². The Bertz CT molecular complexity index is 1150. The molecule has 2 aromatic heterocycles. The molecule has 37 heavy (non-hydrogen) atoms. The molecular formula is C23H31N4O9P. The number of piperidine rings is 1. The molecule has 1 amide bonds. The zero-order chi connectivity index (χ0) is 27.0. The van der Waals surface area contributed by atoms with Crippen molar-refractivity contribution in [2.24, 2.45) is 0 Å². The average Bonchev–Trinajstić information content (AvgIpc) is 2.83. The van der Waals surface area contributed by atoms with E-state index in [0.717, 1.165) is 0 Å². The summed E-state index contributed by atoms with van der Waals surface area (Å²) in [7, 11) is -3.02. The van der Waals surface area contributed by atoms with Crippen molar-refractivity contribution in [3.05, 3.63) is 42.4 Å². The van der Waals surface area contributed by atoms with Gasteiger partial charge in [-0.15, -0.1) is 0 Å². The van der Waals surface area contributed by atoms with E-state index in [0.29, 0.717) is 60.4 Å². The van der Waals surface area contributed by atoms with Crippen LogP contribution >= 0.6 is 7.82 Å². The number of phosphoric ester groups is 1. The Labute approximate surface area is 214 Å². The van der Waals surface area contributed by atoms with E-state index in [9.17, 15) is 9.36 Å². The summed E-state index contributed by atoms with van der Waals surface area (Å²) in [5.41, 5.74) is 1.24. The number of nitrogens with zero attached hydrogens (tertiary/aromatic N) is 3. The summed E-state index contributed by atoms with van der Waals surface area (Å²) in [6.07, 6.45) is 2.33. The lowest BCUT2D eigenvalue weighted by atomic mass is 10.1. The van der Waals surface area contributed by atoms with Crippen LogP contribution in [-0.4, -0.2) is 70.3 Å². The lowest BCUT2D eigenvalue weighted by Gasteiger charge is -2.31. The van der Waals surface area contributed by atoms with E-state index < -0.39 is 13.9 Å². The second-order valence-electron chi connectivity index (χ2n) is 8.14. The quantitative estimate of drug-likeness (QED) is 0.217. The highest BCUT2D eigenvalue weighted by molar-refractivity contribution is 7.46. The Morgan fingerprint density at radius 1 is 1.24 bits per heavy atom. The molecule has 1 aliphatic rings. The lowest BCUT2D eigenvalue weighted by molar-refractivity contribution is 0.0807. The van der Waals surface area contributed by atoms with Crippen LogP contribution in [0, 0.1) is 6.92 Å². The Morgan fingerprint density at radius 3 is 2.59 bits per heavy atom. The fourth-order valence-corrected chi connectivity index (χ4v) is 3.85. The minimum atomic E-state index is -4.54. The normalized spacial score (nSPS) is 14.1. The molecule has 3 rings (SSSR count). The number of pyridine rings is 2. The number of allylic oxidation sites excluding steroid dienone is 1. The summed E-state index contributed by atoms with van der Waals surface area (Å²) in [5, 5.41) is 3.18. The van der Waals surface area contributed by atoms with Gasteiger partial charge in [0.1, 0.15) is 12.7 Å². The van der Waals surface area contributed by atoms with Gasteiger partial charge in [0.15, 0.2) is 11.6 Å². The van der Waals surface area contributed by atoms with Crippen molar-refractivity contribution in [1.82, 2.24) is 14.9 Å². The maximum absolute atomic E-state index is 12.1. The molecule has 14 heteroatoms. The van der Waals surface area contributed by atoms with Crippen LogP contribution in [0.5, 0.6) is 17.4 Å². The van der Waals surface area contributed by atoms with Crippen LogP contribution in [0.2, 0.25) is 0 Å². The third-order valence-corrected chi connectivity index (χ3v) is 5.75. The first-order valence-electron chi connectivity index (χ1n) is 11.4. The van der Waals surface area contributed by atoms with E-state index in [1.165, 1.54) is 7.11 Å². The highest BCUT2D eigenvalue weighted by Crippen LogP contribution is 2.37. The third kappa shape index (κ3) is 8.60. The molecule has 0 aliphatic carbocycles. The van der Waals surface area contributed by atoms with Crippen LogP contribution in [0.15, 0.2) is 36.7 Å². The Hall–Kier alpha value is -3.38. The van der Waals surface area contributed by atoms with Gasteiger partial charge in [0, 0.05) is 44.3 Å². The number of amides is 1. The van der Waals surface area contributed by atoms with Gasteiger partial charge in [0.25, 0.3) is 0 Å². The van der Waals surface area contributed by atoms with Crippen LogP contribution in [0.4, 0.5) is 16.3 Å². The van der Waals surface area contributed by atoms with Crippen LogP contribution in [0.25, 0.3) is 0 Å². The van der Waals surface area contributed by atoms with Crippen molar-refractivity contribution in [3.8, 4) is 17.4 Å². The monoisotopic (exact) mass is 538 g/mol. The molecular weight excluding hydrogens is 507 g/mol. The number of hydrogen-bond donors (Lipinski definition) is 3. The van der Waals surface area contributed by atoms with Crippen molar-refractivity contribution in [1.29, 1.82) is 0 Å². The van der Waals surface area contributed by atoms with Gasteiger partial charge in [-0.25, -0.2) is 19.3 Å². The lowest BCUT2D eigenvalue weighted by Crippen LogP contribution is -2.41. The first kappa shape index (κ1) is 28.2. The first-order chi connectivity index (χ1) is 17.6. The van der Waals surface area contributed by atoms with Gasteiger partial charge in [-0.1, -0.05) is 6.58 Å². The zero-order valence-electron chi connectivity index (χ0n) is 20.9. The SMILES string of the molecule is C=C(C)OC(=O)N1CCC(Oc2ccnc(Nc3ccc(OCCOP(=O)(O)O)nc3C)c2OC)CC1. The number of aryl methyl sites for hydroxylation is 1. The standard InChI is InChI=1S/C23H31N4O9P/c1-15(2)35-23(28)27-11-8-17(9-12-27)36-19-7-10-24-22(21(19)32-4)26-18-5-6-20(25-16(18)3)33-13-14-34-37(29,30)31/h5-7,10,17H,1,8-9,11-14H2,2-4H3,(H,24,26)(H2,29,30,31). The van der Waals surface area contributed by atoms with Crippen LogP contribution in [0.3, 0.4) is 0 Å². The first-order valence-corrected chi connectivity index (χ1v) is 13.0. The van der Waals surface area contributed by atoms with Crippen LogP contribution in [0.1, 0.15) is 25.5 Å². The molecule has 202 valence electrons. The van der Waals surface area contributed by atoms with Crippen molar-refractivity contribution in [3.63, 3.8) is 0 Å². The Balaban J connectivity index is 1.61. The number of methoxy groups -OCH3 is 1. The van der Waals surface area contributed by atoms with E-state index in [4.69, 9.17) is 28.7 Å². The second-order valence-corrected chi connectivity index (χ2v) is 9.38. The van der Waals surface area contributed by atoms with Crippen molar-refractivity contribution in [2.75, 3.05) is 38.7 Å². The zero-order valence-corrected chi connectivity index (χ0v) is 21.8. The van der Waals surface area contributed by atoms with E-state index in [2.05, 4.69) is 26.4 Å². The molecule has 0 unspecified atom stereocenters. The number of rotatable bonds is 11. The molecule has 3 heterocycles. The minimum Gasteiger partial charge on any atom is -0.490 e. The predicted octanol–water partition coefficient (Wildman–Crippen LogP) is 3.54. The van der Waals surface area contributed by atoms with Gasteiger partial charge in [-0.05, 0) is 19.9 Å². The molecule has 0 bridgehead atoms. The molecule has 13 nitrogen and oxygen atoms in total. The maximum atomic E-state index is 12.1. The number of hydrogen-bond acceptors (Lipinski definition) is 10. The summed E-state index contributed by atoms with van der Waals surface area (Å²) in [5.74, 6) is 1.98. The van der Waals surface area contributed by atoms with Gasteiger partial charge in [0.05, 0.1) is 30.9 Å². The molecule has 0 spiro atoms. The molecule has 0 radical (unpaired) electrons. The molecule has 0 saturated carbocycles. The van der Waals surface area contributed by atoms with Crippen molar-refractivity contribution in [2.45, 2.75) is 32.8 Å². The Kier molecular flexibility index (Phi) is 9.70. The molecule has 0 aromatic carbocycles. The number of nitrogens with one attached hydrogen (secondary N) is 1. The minimum absolute atomic E-state index is 0.0763. The van der Waals surface area contributed by atoms with Gasteiger partial charge >= 0.3 is 13.9 Å². The van der Waals surface area contributed by atoms with Gasteiger partial charge in [0.2, 0.25) is 11.6 Å². The Morgan fingerprint density at radius 2 is 1.97 bits per heavy atom. The van der Waals surface area contributed by atoms with Crippen molar-refractivity contribution >= 4 is 25.4 Å². The number of phosphoric acid groups is 1. The average molecular weight is 538 g/mol. The van der Waals surface area contributed by atoms with Gasteiger partial charge in [-0.3, -0.25) is 4.52 Å². The highest BCUT2D eigenvalue weighted by Gasteiger charge is 2.26. The summed E-state index contributed by atoms with van der Waals surface area (Å²) >= 11 is 0. The molecule has 0 atom stereocenters. The molecule has 1 saturated heterocycles. The topological polar surface area (TPSA) is 162 Å². The number of carbonyl (C=O) groups excluding carboxylic acids is 1. The number of carbonyl (C=O) groups is 1. The third-order valence-electron chi connectivity index (χ3n) is 5.23. The fourth-order valence-electron chi connectivity index (χ4n) is 3.54. The second kappa shape index (κ2) is 12.7.